The average molecular weight is 323 g/mol. The van der Waals surface area contributed by atoms with Crippen LogP contribution >= 0.6 is 0 Å². The van der Waals surface area contributed by atoms with Crippen LogP contribution in [0.5, 0.6) is 0 Å². The number of benzene rings is 4. The van der Waals surface area contributed by atoms with Crippen molar-refractivity contribution >= 4 is 39.2 Å². The lowest BCUT2D eigenvalue weighted by atomic mass is 9.96. The van der Waals surface area contributed by atoms with Gasteiger partial charge in [-0.05, 0) is 44.8 Å². The summed E-state index contributed by atoms with van der Waals surface area (Å²) in [5, 5.41) is 15.9. The fraction of sp³-hybridized carbons (Fsp3) is 0. The Labute approximate surface area is 145 Å². The highest BCUT2D eigenvalue weighted by Crippen LogP contribution is 2.27. The monoisotopic (exact) mass is 323 g/mol. The average Bonchev–Trinajstić information content (AvgIpc) is 2.65. The SMILES string of the molecule is O=C([O-])/C(=C\c1ccc2ccccc2c1)c1cccc2ccccc12. The lowest BCUT2D eigenvalue weighted by molar-refractivity contribution is -0.295. The summed E-state index contributed by atoms with van der Waals surface area (Å²) in [4.78, 5) is 11.8. The molecule has 0 aliphatic heterocycles. The molecule has 0 atom stereocenters. The Morgan fingerprint density at radius 3 is 2.20 bits per heavy atom. The van der Waals surface area contributed by atoms with Gasteiger partial charge < -0.3 is 9.90 Å². The van der Waals surface area contributed by atoms with E-state index < -0.39 is 5.97 Å². The van der Waals surface area contributed by atoms with Gasteiger partial charge in [-0.3, -0.25) is 0 Å². The number of carbonyl (C=O) groups excluding carboxylic acids is 1. The molecule has 0 N–H and O–H groups in total. The Hall–Kier alpha value is -3.39. The van der Waals surface area contributed by atoms with Crippen LogP contribution in [0.2, 0.25) is 0 Å². The van der Waals surface area contributed by atoms with E-state index in [-0.39, 0.29) is 5.57 Å². The van der Waals surface area contributed by atoms with Crippen LogP contribution in [0.25, 0.3) is 33.2 Å². The first-order valence-corrected chi connectivity index (χ1v) is 8.12. The number of carboxylic acids is 1. The zero-order valence-electron chi connectivity index (χ0n) is 13.5. The molecule has 2 nitrogen and oxygen atoms in total. The van der Waals surface area contributed by atoms with E-state index in [1.54, 1.807) is 6.08 Å². The van der Waals surface area contributed by atoms with Crippen LogP contribution in [0.3, 0.4) is 0 Å². The van der Waals surface area contributed by atoms with Crippen molar-refractivity contribution in [3.63, 3.8) is 0 Å². The van der Waals surface area contributed by atoms with E-state index in [0.29, 0.717) is 5.56 Å². The zero-order chi connectivity index (χ0) is 17.2. The van der Waals surface area contributed by atoms with Crippen LogP contribution in [0, 0.1) is 0 Å². The van der Waals surface area contributed by atoms with E-state index in [4.69, 9.17) is 0 Å². The molecule has 4 aromatic rings. The molecular weight excluding hydrogens is 308 g/mol. The van der Waals surface area contributed by atoms with Crippen molar-refractivity contribution in [2.24, 2.45) is 0 Å². The maximum atomic E-state index is 11.8. The Morgan fingerprint density at radius 2 is 1.40 bits per heavy atom. The number of fused-ring (bicyclic) bond motifs is 2. The summed E-state index contributed by atoms with van der Waals surface area (Å²) in [6, 6.07) is 27.4. The number of hydrogen-bond acceptors (Lipinski definition) is 2. The molecule has 0 saturated heterocycles. The molecule has 120 valence electrons. The fourth-order valence-corrected chi connectivity index (χ4v) is 3.17. The number of hydrogen-bond donors (Lipinski definition) is 0. The molecule has 4 rings (SSSR count). The topological polar surface area (TPSA) is 40.1 Å². The van der Waals surface area contributed by atoms with Crippen LogP contribution in [-0.2, 0) is 4.79 Å². The normalized spacial score (nSPS) is 11.8. The predicted octanol–water partition coefficient (Wildman–Crippen LogP) is 4.28. The van der Waals surface area contributed by atoms with Crippen molar-refractivity contribution in [2.75, 3.05) is 0 Å². The maximum absolute atomic E-state index is 11.8. The van der Waals surface area contributed by atoms with Crippen LogP contribution < -0.4 is 5.11 Å². The first kappa shape index (κ1) is 15.2. The molecule has 0 radical (unpaired) electrons. The minimum atomic E-state index is -1.18. The van der Waals surface area contributed by atoms with E-state index in [2.05, 4.69) is 0 Å². The second-order valence-electron chi connectivity index (χ2n) is 5.98. The van der Waals surface area contributed by atoms with Crippen molar-refractivity contribution in [1.82, 2.24) is 0 Å². The molecule has 0 aromatic heterocycles. The molecule has 0 bridgehead atoms. The summed E-state index contributed by atoms with van der Waals surface area (Å²) in [7, 11) is 0. The van der Waals surface area contributed by atoms with E-state index in [1.807, 2.05) is 84.9 Å². The van der Waals surface area contributed by atoms with Gasteiger partial charge in [0.15, 0.2) is 0 Å². The molecule has 25 heavy (non-hydrogen) atoms. The largest absolute Gasteiger partial charge is 0.545 e. The van der Waals surface area contributed by atoms with Crippen molar-refractivity contribution in [2.45, 2.75) is 0 Å². The highest BCUT2D eigenvalue weighted by atomic mass is 16.4. The first-order chi connectivity index (χ1) is 12.2. The third kappa shape index (κ3) is 2.90. The third-order valence-corrected chi connectivity index (χ3v) is 4.38. The van der Waals surface area contributed by atoms with E-state index in [9.17, 15) is 9.90 Å². The second kappa shape index (κ2) is 6.25. The van der Waals surface area contributed by atoms with Crippen LogP contribution in [-0.4, -0.2) is 5.97 Å². The molecule has 0 saturated carbocycles. The molecule has 0 fully saturated rings. The van der Waals surface area contributed by atoms with Crippen LogP contribution in [0.15, 0.2) is 84.9 Å². The Bertz CT molecular complexity index is 1120. The highest BCUT2D eigenvalue weighted by Gasteiger charge is 2.08. The summed E-state index contributed by atoms with van der Waals surface area (Å²) >= 11 is 0. The van der Waals surface area contributed by atoms with E-state index in [1.165, 1.54) is 0 Å². The number of aliphatic carboxylic acids is 1. The number of carboxylic acid groups (broad SMARTS) is 1. The number of carbonyl (C=O) groups is 1. The van der Waals surface area contributed by atoms with Crippen molar-refractivity contribution in [1.29, 1.82) is 0 Å². The summed E-state index contributed by atoms with van der Waals surface area (Å²) in [5.41, 5.74) is 1.70. The highest BCUT2D eigenvalue weighted by molar-refractivity contribution is 6.23. The molecule has 0 unspecified atom stereocenters. The minimum Gasteiger partial charge on any atom is -0.545 e. The van der Waals surface area contributed by atoms with E-state index in [0.717, 1.165) is 27.1 Å². The lowest BCUT2D eigenvalue weighted by Crippen LogP contribution is -2.23. The molecule has 0 aliphatic rings. The standard InChI is InChI=1S/C23H16O2/c24-23(25)22(21-11-5-9-18-7-3-4-10-20(18)21)15-16-12-13-17-6-1-2-8-19(17)14-16/h1-15H,(H,24,25)/p-1/b22-15-. The van der Waals surface area contributed by atoms with Gasteiger partial charge in [-0.25, -0.2) is 0 Å². The smallest absolute Gasteiger partial charge is 0.0721 e. The van der Waals surface area contributed by atoms with Gasteiger partial charge in [-0.2, -0.15) is 0 Å². The summed E-state index contributed by atoms with van der Waals surface area (Å²) < 4.78 is 0. The second-order valence-corrected chi connectivity index (χ2v) is 5.98. The van der Waals surface area contributed by atoms with Gasteiger partial charge in [0, 0.05) is 5.57 Å². The third-order valence-electron chi connectivity index (χ3n) is 4.38. The quantitative estimate of drug-likeness (QED) is 0.417. The van der Waals surface area contributed by atoms with Gasteiger partial charge in [-0.15, -0.1) is 0 Å². The Morgan fingerprint density at radius 1 is 0.720 bits per heavy atom. The summed E-state index contributed by atoms with van der Waals surface area (Å²) in [5.74, 6) is -1.18. The predicted molar refractivity (Wildman–Crippen MR) is 101 cm³/mol. The van der Waals surface area contributed by atoms with Crippen molar-refractivity contribution < 1.29 is 9.90 Å². The molecule has 4 aromatic carbocycles. The maximum Gasteiger partial charge on any atom is 0.0721 e. The molecular formula is C23H15O2-. The summed E-state index contributed by atoms with van der Waals surface area (Å²) in [6.07, 6.45) is 1.68. The van der Waals surface area contributed by atoms with Crippen molar-refractivity contribution in [3.8, 4) is 0 Å². The van der Waals surface area contributed by atoms with Gasteiger partial charge in [0.2, 0.25) is 0 Å². The Balaban J connectivity index is 1.90. The van der Waals surface area contributed by atoms with E-state index >= 15 is 0 Å². The molecule has 0 heterocycles. The number of rotatable bonds is 3. The molecule has 0 spiro atoms. The van der Waals surface area contributed by atoms with Gasteiger partial charge in [0.25, 0.3) is 0 Å². The minimum absolute atomic E-state index is 0.187. The van der Waals surface area contributed by atoms with Crippen molar-refractivity contribution in [3.05, 3.63) is 96.1 Å². The van der Waals surface area contributed by atoms with Crippen LogP contribution in [0.1, 0.15) is 11.1 Å². The van der Waals surface area contributed by atoms with Gasteiger partial charge in [0.05, 0.1) is 5.97 Å². The summed E-state index contributed by atoms with van der Waals surface area (Å²) in [6.45, 7) is 0. The van der Waals surface area contributed by atoms with Gasteiger partial charge in [0.1, 0.15) is 0 Å². The van der Waals surface area contributed by atoms with Gasteiger partial charge in [-0.1, -0.05) is 78.9 Å². The first-order valence-electron chi connectivity index (χ1n) is 8.12. The zero-order valence-corrected chi connectivity index (χ0v) is 13.5. The molecule has 2 heteroatoms. The Kier molecular flexibility index (Phi) is 3.79. The lowest BCUT2D eigenvalue weighted by Gasteiger charge is -2.12. The fourth-order valence-electron chi connectivity index (χ4n) is 3.17. The molecule has 0 amide bonds. The molecule has 0 aliphatic carbocycles. The van der Waals surface area contributed by atoms with Crippen LogP contribution in [0.4, 0.5) is 0 Å². The van der Waals surface area contributed by atoms with Gasteiger partial charge >= 0.3 is 0 Å².